The van der Waals surface area contributed by atoms with Crippen LogP contribution in [0, 0.1) is 0 Å². The highest BCUT2D eigenvalue weighted by Crippen LogP contribution is 2.48. The molecule has 260 valence electrons. The first-order chi connectivity index (χ1) is 27.3. The highest BCUT2D eigenvalue weighted by atomic mass is 32.1. The van der Waals surface area contributed by atoms with E-state index in [9.17, 15) is 0 Å². The predicted octanol–water partition coefficient (Wildman–Crippen LogP) is 11.7. The Morgan fingerprint density at radius 1 is 0.364 bits per heavy atom. The largest absolute Gasteiger partial charge is 0.310 e. The van der Waals surface area contributed by atoms with Crippen molar-refractivity contribution < 1.29 is 0 Å². The van der Waals surface area contributed by atoms with Gasteiger partial charge in [-0.05, 0) is 79.0 Å². The molecular formula is C52H37NSSi. The van der Waals surface area contributed by atoms with Crippen molar-refractivity contribution in [1.82, 2.24) is 0 Å². The van der Waals surface area contributed by atoms with Crippen LogP contribution < -0.4 is 25.6 Å². The SMILES string of the molecule is c1ccc(-c2ccc(N(c3ccc([Si](c4ccccc4)(c4ccccc4)c4ccccc4)cc3)c3cc4ccccc4c4sc5ccccc5c34)cc2)cc1. The number of hydrogen-bond acceptors (Lipinski definition) is 2. The zero-order chi connectivity index (χ0) is 36.6. The van der Waals surface area contributed by atoms with E-state index in [4.69, 9.17) is 0 Å². The molecule has 55 heavy (non-hydrogen) atoms. The van der Waals surface area contributed by atoms with Gasteiger partial charge in [-0.25, -0.2) is 0 Å². The van der Waals surface area contributed by atoms with Crippen LogP contribution in [0.1, 0.15) is 0 Å². The summed E-state index contributed by atoms with van der Waals surface area (Å²) in [4.78, 5) is 2.48. The van der Waals surface area contributed by atoms with E-state index in [1.54, 1.807) is 0 Å². The number of nitrogens with zero attached hydrogens (tertiary/aromatic N) is 1. The van der Waals surface area contributed by atoms with Gasteiger partial charge in [-0.3, -0.25) is 0 Å². The molecule has 9 aromatic carbocycles. The number of anilines is 3. The fraction of sp³-hybridized carbons (Fsp3) is 0. The van der Waals surface area contributed by atoms with Crippen LogP contribution in [0.2, 0.25) is 0 Å². The van der Waals surface area contributed by atoms with Gasteiger partial charge in [0.25, 0.3) is 0 Å². The minimum absolute atomic E-state index is 1.12. The minimum atomic E-state index is -2.68. The van der Waals surface area contributed by atoms with Crippen molar-refractivity contribution in [1.29, 1.82) is 0 Å². The molecule has 0 aliphatic carbocycles. The molecule has 10 aromatic rings. The molecule has 0 radical (unpaired) electrons. The minimum Gasteiger partial charge on any atom is -0.310 e. The summed E-state index contributed by atoms with van der Waals surface area (Å²) in [5.74, 6) is 0. The summed E-state index contributed by atoms with van der Waals surface area (Å²) in [5, 5.41) is 10.6. The van der Waals surface area contributed by atoms with Crippen molar-refractivity contribution in [2.75, 3.05) is 4.90 Å². The van der Waals surface area contributed by atoms with Crippen LogP contribution in [0.15, 0.2) is 224 Å². The summed E-state index contributed by atoms with van der Waals surface area (Å²) in [6.45, 7) is 0. The van der Waals surface area contributed by atoms with Gasteiger partial charge in [0, 0.05) is 31.5 Å². The lowest BCUT2D eigenvalue weighted by Gasteiger charge is -2.35. The topological polar surface area (TPSA) is 3.24 Å². The summed E-state index contributed by atoms with van der Waals surface area (Å²) in [6.07, 6.45) is 0. The van der Waals surface area contributed by atoms with E-state index in [0.29, 0.717) is 0 Å². The second kappa shape index (κ2) is 14.0. The third-order valence-electron chi connectivity index (χ3n) is 11.0. The van der Waals surface area contributed by atoms with Gasteiger partial charge in [0.15, 0.2) is 8.07 Å². The van der Waals surface area contributed by atoms with Crippen molar-refractivity contribution in [2.24, 2.45) is 0 Å². The maximum Gasteiger partial charge on any atom is 0.179 e. The van der Waals surface area contributed by atoms with E-state index in [1.807, 2.05) is 11.3 Å². The van der Waals surface area contributed by atoms with Gasteiger partial charge in [-0.2, -0.15) is 0 Å². The molecule has 10 rings (SSSR count). The van der Waals surface area contributed by atoms with E-state index in [0.717, 1.165) is 11.4 Å². The molecule has 0 aliphatic rings. The summed E-state index contributed by atoms with van der Waals surface area (Å²) in [5.41, 5.74) is 5.85. The molecule has 0 amide bonds. The highest BCUT2D eigenvalue weighted by molar-refractivity contribution is 7.26. The van der Waals surface area contributed by atoms with Crippen LogP contribution in [-0.2, 0) is 0 Å². The molecule has 1 nitrogen and oxygen atoms in total. The van der Waals surface area contributed by atoms with Crippen molar-refractivity contribution in [2.45, 2.75) is 0 Å². The second-order valence-corrected chi connectivity index (χ2v) is 18.9. The molecule has 1 aromatic heterocycles. The molecule has 0 atom stereocenters. The molecule has 3 heteroatoms. The lowest BCUT2D eigenvalue weighted by Crippen LogP contribution is -2.74. The van der Waals surface area contributed by atoms with Crippen molar-refractivity contribution >= 4 is 88.2 Å². The Kier molecular flexibility index (Phi) is 8.44. The van der Waals surface area contributed by atoms with Crippen LogP contribution in [0.5, 0.6) is 0 Å². The van der Waals surface area contributed by atoms with Crippen molar-refractivity contribution in [3.63, 3.8) is 0 Å². The lowest BCUT2D eigenvalue weighted by atomic mass is 10.0. The van der Waals surface area contributed by atoms with Gasteiger partial charge in [0.1, 0.15) is 0 Å². The van der Waals surface area contributed by atoms with Crippen LogP contribution in [0.25, 0.3) is 42.1 Å². The van der Waals surface area contributed by atoms with Crippen LogP contribution >= 0.6 is 11.3 Å². The summed E-state index contributed by atoms with van der Waals surface area (Å²) in [6, 6.07) is 82.8. The summed E-state index contributed by atoms with van der Waals surface area (Å²) < 4.78 is 2.62. The van der Waals surface area contributed by atoms with E-state index in [2.05, 4.69) is 229 Å². The van der Waals surface area contributed by atoms with Gasteiger partial charge in [-0.1, -0.05) is 188 Å². The molecule has 0 saturated heterocycles. The number of fused-ring (bicyclic) bond motifs is 5. The Morgan fingerprint density at radius 2 is 0.800 bits per heavy atom. The molecule has 0 aliphatic heterocycles. The Hall–Kier alpha value is -6.52. The third-order valence-corrected chi connectivity index (χ3v) is 17.0. The Morgan fingerprint density at radius 3 is 1.38 bits per heavy atom. The number of rotatable bonds is 8. The zero-order valence-electron chi connectivity index (χ0n) is 30.2. The highest BCUT2D eigenvalue weighted by Gasteiger charge is 2.41. The smallest absolute Gasteiger partial charge is 0.179 e. The maximum atomic E-state index is 2.48. The van der Waals surface area contributed by atoms with Gasteiger partial charge in [-0.15, -0.1) is 11.3 Å². The second-order valence-electron chi connectivity index (χ2n) is 14.1. The normalized spacial score (nSPS) is 11.6. The first kappa shape index (κ1) is 33.1. The number of hydrogen-bond donors (Lipinski definition) is 0. The van der Waals surface area contributed by atoms with Gasteiger partial charge in [0.05, 0.1) is 5.69 Å². The standard InChI is InChI=1S/C52H37NSSi/c1-5-17-38(18-6-1)39-29-31-41(32-30-39)53(49-37-40-19-13-14-26-47(40)52-51(49)48-27-15-16-28-50(48)54-52)42-33-35-46(36-34-42)55(43-20-7-2-8-21-43,44-22-9-3-10-23-44)45-24-11-4-12-25-45/h1-37H. The molecule has 0 bridgehead atoms. The van der Waals surface area contributed by atoms with Crippen LogP contribution in [-0.4, -0.2) is 8.07 Å². The quantitative estimate of drug-likeness (QED) is 0.111. The molecule has 0 fully saturated rings. The van der Waals surface area contributed by atoms with Crippen LogP contribution in [0.4, 0.5) is 17.1 Å². The number of benzene rings is 9. The predicted molar refractivity (Wildman–Crippen MR) is 241 cm³/mol. The average molecular weight is 736 g/mol. The lowest BCUT2D eigenvalue weighted by molar-refractivity contribution is 1.31. The Bertz CT molecular complexity index is 2790. The third kappa shape index (κ3) is 5.68. The first-order valence-corrected chi connectivity index (χ1v) is 21.7. The first-order valence-electron chi connectivity index (χ1n) is 18.8. The van der Waals surface area contributed by atoms with Crippen molar-refractivity contribution in [3.8, 4) is 11.1 Å². The fourth-order valence-corrected chi connectivity index (χ4v) is 14.5. The zero-order valence-corrected chi connectivity index (χ0v) is 32.0. The molecule has 0 N–H and O–H groups in total. The summed E-state index contributed by atoms with van der Waals surface area (Å²) in [7, 11) is -2.68. The van der Waals surface area contributed by atoms with Gasteiger partial charge >= 0.3 is 0 Å². The van der Waals surface area contributed by atoms with E-state index in [-0.39, 0.29) is 0 Å². The number of thiophene rings is 1. The average Bonchev–Trinajstić information content (AvgIpc) is 3.67. The van der Waals surface area contributed by atoms with Gasteiger partial charge < -0.3 is 4.90 Å². The summed E-state index contributed by atoms with van der Waals surface area (Å²) >= 11 is 1.89. The van der Waals surface area contributed by atoms with E-state index >= 15 is 0 Å². The molecular weight excluding hydrogens is 699 g/mol. The van der Waals surface area contributed by atoms with Crippen LogP contribution in [0.3, 0.4) is 0 Å². The Labute approximate surface area is 327 Å². The molecule has 0 saturated carbocycles. The van der Waals surface area contributed by atoms with Gasteiger partial charge in [0.2, 0.25) is 0 Å². The Balaban J connectivity index is 1.22. The molecule has 0 unspecified atom stereocenters. The van der Waals surface area contributed by atoms with E-state index in [1.165, 1.54) is 68.5 Å². The molecule has 0 spiro atoms. The fourth-order valence-electron chi connectivity index (χ4n) is 8.50. The maximum absolute atomic E-state index is 2.68. The van der Waals surface area contributed by atoms with E-state index < -0.39 is 8.07 Å². The monoisotopic (exact) mass is 735 g/mol. The van der Waals surface area contributed by atoms with Crippen molar-refractivity contribution in [3.05, 3.63) is 224 Å². The molecule has 1 heterocycles.